The van der Waals surface area contributed by atoms with E-state index in [1.807, 2.05) is 13.8 Å². The second-order valence-corrected chi connectivity index (χ2v) is 7.48. The standard InChI is InChI=1S/C10H17BrN4O2S/c1-7(2)15(6-8-4-5-8)18(16,17)10-9(11)12-13-14(10)3/h7-8H,4-6H2,1-3H3. The molecule has 0 radical (unpaired) electrons. The molecule has 1 saturated carbocycles. The van der Waals surface area contributed by atoms with Gasteiger partial charge < -0.3 is 0 Å². The maximum Gasteiger partial charge on any atom is 0.263 e. The predicted molar refractivity (Wildman–Crippen MR) is 70.5 cm³/mol. The Kier molecular flexibility index (Phi) is 3.80. The molecule has 0 saturated heterocycles. The van der Waals surface area contributed by atoms with E-state index in [0.717, 1.165) is 12.8 Å². The molecule has 2 rings (SSSR count). The van der Waals surface area contributed by atoms with E-state index in [1.54, 1.807) is 7.05 Å². The number of hydrogen-bond donors (Lipinski definition) is 0. The van der Waals surface area contributed by atoms with Gasteiger partial charge in [0.2, 0.25) is 5.03 Å². The number of halogens is 1. The zero-order chi connectivity index (χ0) is 13.5. The zero-order valence-corrected chi connectivity index (χ0v) is 13.1. The van der Waals surface area contributed by atoms with Crippen molar-refractivity contribution in [3.05, 3.63) is 4.60 Å². The van der Waals surface area contributed by atoms with Crippen LogP contribution in [0.3, 0.4) is 0 Å². The second kappa shape index (κ2) is 4.90. The van der Waals surface area contributed by atoms with Gasteiger partial charge in [-0.15, -0.1) is 5.10 Å². The van der Waals surface area contributed by atoms with Gasteiger partial charge in [0.1, 0.15) is 0 Å². The van der Waals surface area contributed by atoms with Crippen molar-refractivity contribution >= 4 is 26.0 Å². The van der Waals surface area contributed by atoms with Gasteiger partial charge in [-0.05, 0) is 48.5 Å². The molecule has 1 aromatic rings. The molecule has 1 aliphatic rings. The first-order valence-electron chi connectivity index (χ1n) is 5.91. The fraction of sp³-hybridized carbons (Fsp3) is 0.800. The van der Waals surface area contributed by atoms with E-state index in [0.29, 0.717) is 12.5 Å². The molecular weight excluding hydrogens is 320 g/mol. The van der Waals surface area contributed by atoms with Gasteiger partial charge in [-0.1, -0.05) is 5.21 Å². The van der Waals surface area contributed by atoms with Crippen LogP contribution in [0.5, 0.6) is 0 Å². The minimum absolute atomic E-state index is 0.0719. The van der Waals surface area contributed by atoms with Crippen molar-refractivity contribution in [2.75, 3.05) is 6.54 Å². The van der Waals surface area contributed by atoms with Gasteiger partial charge in [0.15, 0.2) is 4.60 Å². The summed E-state index contributed by atoms with van der Waals surface area (Å²) in [6, 6.07) is -0.0719. The maximum absolute atomic E-state index is 12.6. The molecule has 1 heterocycles. The van der Waals surface area contributed by atoms with E-state index >= 15 is 0 Å². The van der Waals surface area contributed by atoms with Crippen LogP contribution >= 0.6 is 15.9 Å². The van der Waals surface area contributed by atoms with E-state index in [9.17, 15) is 8.42 Å². The highest BCUT2D eigenvalue weighted by atomic mass is 79.9. The third-order valence-corrected chi connectivity index (χ3v) is 5.93. The van der Waals surface area contributed by atoms with Crippen molar-refractivity contribution < 1.29 is 8.42 Å². The number of hydrogen-bond acceptors (Lipinski definition) is 4. The number of rotatable bonds is 5. The van der Waals surface area contributed by atoms with E-state index in [1.165, 1.54) is 8.99 Å². The summed E-state index contributed by atoms with van der Waals surface area (Å²) in [6.45, 7) is 4.35. The van der Waals surface area contributed by atoms with Crippen molar-refractivity contribution in [3.63, 3.8) is 0 Å². The van der Waals surface area contributed by atoms with Crippen LogP contribution in [0.1, 0.15) is 26.7 Å². The molecule has 0 bridgehead atoms. The summed E-state index contributed by atoms with van der Waals surface area (Å²) in [6.07, 6.45) is 2.23. The van der Waals surface area contributed by atoms with Crippen molar-refractivity contribution in [2.45, 2.75) is 37.8 Å². The molecule has 1 aliphatic carbocycles. The van der Waals surface area contributed by atoms with Crippen molar-refractivity contribution in [3.8, 4) is 0 Å². The fourth-order valence-electron chi connectivity index (χ4n) is 1.85. The van der Waals surface area contributed by atoms with Gasteiger partial charge >= 0.3 is 0 Å². The lowest BCUT2D eigenvalue weighted by Crippen LogP contribution is -2.39. The summed E-state index contributed by atoms with van der Waals surface area (Å²) in [5, 5.41) is 7.60. The molecule has 0 aliphatic heterocycles. The highest BCUT2D eigenvalue weighted by Gasteiger charge is 2.36. The van der Waals surface area contributed by atoms with Crippen molar-refractivity contribution in [1.29, 1.82) is 0 Å². The van der Waals surface area contributed by atoms with Gasteiger partial charge in [-0.2, -0.15) is 4.31 Å². The minimum Gasteiger partial charge on any atom is -0.235 e. The average Bonchev–Trinajstić information content (AvgIpc) is 3.00. The molecule has 0 unspecified atom stereocenters. The average molecular weight is 337 g/mol. The number of sulfonamides is 1. The summed E-state index contributed by atoms with van der Waals surface area (Å²) in [5.74, 6) is 0.502. The largest absolute Gasteiger partial charge is 0.263 e. The summed E-state index contributed by atoms with van der Waals surface area (Å²) in [4.78, 5) is 0. The Morgan fingerprint density at radius 2 is 2.11 bits per heavy atom. The van der Waals surface area contributed by atoms with Gasteiger partial charge in [0.05, 0.1) is 0 Å². The van der Waals surface area contributed by atoms with E-state index in [4.69, 9.17) is 0 Å². The predicted octanol–water partition coefficient (Wildman–Crippen LogP) is 1.39. The van der Waals surface area contributed by atoms with Crippen LogP contribution in [0.25, 0.3) is 0 Å². The van der Waals surface area contributed by atoms with E-state index < -0.39 is 10.0 Å². The Hall–Kier alpha value is -0.470. The second-order valence-electron chi connectivity index (χ2n) is 4.92. The molecule has 0 aromatic carbocycles. The van der Waals surface area contributed by atoms with Gasteiger partial charge in [0, 0.05) is 19.6 Å². The molecule has 0 amide bonds. The lowest BCUT2D eigenvalue weighted by molar-refractivity contribution is 0.338. The van der Waals surface area contributed by atoms with E-state index in [2.05, 4.69) is 26.2 Å². The Balaban J connectivity index is 2.38. The Morgan fingerprint density at radius 3 is 2.50 bits per heavy atom. The Morgan fingerprint density at radius 1 is 1.50 bits per heavy atom. The van der Waals surface area contributed by atoms with Crippen LogP contribution < -0.4 is 0 Å². The van der Waals surface area contributed by atoms with Crippen LogP contribution in [0.2, 0.25) is 0 Å². The van der Waals surface area contributed by atoms with Gasteiger partial charge in [-0.25, -0.2) is 13.1 Å². The summed E-state index contributed by atoms with van der Waals surface area (Å²) < 4.78 is 28.4. The van der Waals surface area contributed by atoms with Crippen LogP contribution in [0.15, 0.2) is 9.63 Å². The first-order valence-corrected chi connectivity index (χ1v) is 8.14. The minimum atomic E-state index is -3.55. The lowest BCUT2D eigenvalue weighted by Gasteiger charge is -2.25. The molecular formula is C10H17BrN4O2S. The molecule has 18 heavy (non-hydrogen) atoms. The first-order chi connectivity index (χ1) is 8.34. The molecule has 0 atom stereocenters. The third kappa shape index (κ3) is 2.60. The Labute approximate surface area is 116 Å². The van der Waals surface area contributed by atoms with E-state index in [-0.39, 0.29) is 15.7 Å². The summed E-state index contributed by atoms with van der Waals surface area (Å²) >= 11 is 3.15. The fourth-order valence-corrected chi connectivity index (χ4v) is 4.60. The number of nitrogens with zero attached hydrogens (tertiary/aromatic N) is 4. The molecule has 8 heteroatoms. The van der Waals surface area contributed by atoms with Crippen molar-refractivity contribution in [2.24, 2.45) is 13.0 Å². The molecule has 0 spiro atoms. The molecule has 1 fully saturated rings. The lowest BCUT2D eigenvalue weighted by atomic mass is 10.3. The molecule has 102 valence electrons. The molecule has 0 N–H and O–H groups in total. The normalized spacial score (nSPS) is 16.8. The van der Waals surface area contributed by atoms with Gasteiger partial charge in [-0.3, -0.25) is 0 Å². The van der Waals surface area contributed by atoms with Crippen LogP contribution in [-0.2, 0) is 17.1 Å². The summed E-state index contributed by atoms with van der Waals surface area (Å²) in [5.41, 5.74) is 0. The topological polar surface area (TPSA) is 68.1 Å². The summed E-state index contributed by atoms with van der Waals surface area (Å²) in [7, 11) is -1.97. The monoisotopic (exact) mass is 336 g/mol. The number of aromatic nitrogens is 3. The number of aryl methyl sites for hydroxylation is 1. The highest BCUT2D eigenvalue weighted by molar-refractivity contribution is 9.10. The SMILES string of the molecule is CC(C)N(CC1CC1)S(=O)(=O)c1c(Br)nnn1C. The molecule has 1 aromatic heterocycles. The molecule has 6 nitrogen and oxygen atoms in total. The highest BCUT2D eigenvalue weighted by Crippen LogP contribution is 2.33. The maximum atomic E-state index is 12.6. The van der Waals surface area contributed by atoms with Crippen LogP contribution in [-0.4, -0.2) is 40.3 Å². The van der Waals surface area contributed by atoms with Crippen molar-refractivity contribution in [1.82, 2.24) is 19.3 Å². The third-order valence-electron chi connectivity index (χ3n) is 3.00. The van der Waals surface area contributed by atoms with Crippen LogP contribution in [0, 0.1) is 5.92 Å². The first kappa shape index (κ1) is 14.0. The zero-order valence-electron chi connectivity index (χ0n) is 10.7. The van der Waals surface area contributed by atoms with Crippen LogP contribution in [0.4, 0.5) is 0 Å². The van der Waals surface area contributed by atoms with Gasteiger partial charge in [0.25, 0.3) is 10.0 Å². The Bertz CT molecular complexity index is 517. The smallest absolute Gasteiger partial charge is 0.235 e. The quantitative estimate of drug-likeness (QED) is 0.814.